The Morgan fingerprint density at radius 1 is 1.42 bits per heavy atom. The Labute approximate surface area is 114 Å². The van der Waals surface area contributed by atoms with Gasteiger partial charge in [0, 0.05) is 26.2 Å². The van der Waals surface area contributed by atoms with Crippen molar-refractivity contribution in [2.24, 2.45) is 7.05 Å². The van der Waals surface area contributed by atoms with E-state index in [4.69, 9.17) is 5.73 Å². The van der Waals surface area contributed by atoms with E-state index in [9.17, 15) is 0 Å². The van der Waals surface area contributed by atoms with Crippen molar-refractivity contribution in [3.8, 4) is 0 Å². The summed E-state index contributed by atoms with van der Waals surface area (Å²) in [7, 11) is 4.08. The zero-order valence-electron chi connectivity index (χ0n) is 12.5. The first-order chi connectivity index (χ1) is 8.95. The summed E-state index contributed by atoms with van der Waals surface area (Å²) in [4.78, 5) is 6.76. The molecule has 2 aromatic heterocycles. The third kappa shape index (κ3) is 2.45. The Hall–Kier alpha value is -1.56. The van der Waals surface area contributed by atoms with E-state index in [0.717, 1.165) is 36.4 Å². The zero-order chi connectivity index (χ0) is 14.2. The van der Waals surface area contributed by atoms with Gasteiger partial charge < -0.3 is 10.6 Å². The molecule has 2 heterocycles. The lowest BCUT2D eigenvalue weighted by Gasteiger charge is -2.23. The van der Waals surface area contributed by atoms with Crippen LogP contribution >= 0.6 is 0 Å². The lowest BCUT2D eigenvalue weighted by Crippen LogP contribution is -2.31. The number of likely N-dealkylation sites (N-methyl/N-ethyl adjacent to an activating group) is 1. The monoisotopic (exact) mass is 264 g/mol. The number of anilines is 1. The molecule has 0 fully saturated rings. The highest BCUT2D eigenvalue weighted by molar-refractivity contribution is 5.77. The lowest BCUT2D eigenvalue weighted by atomic mass is 10.2. The largest absolute Gasteiger partial charge is 0.369 e. The molecule has 0 bridgehead atoms. The van der Waals surface area contributed by atoms with Crippen molar-refractivity contribution in [3.63, 3.8) is 0 Å². The number of aromatic nitrogens is 4. The summed E-state index contributed by atoms with van der Waals surface area (Å²) < 4.78 is 3.91. The first kappa shape index (κ1) is 13.9. The molecule has 0 spiro atoms. The molecule has 0 saturated heterocycles. The van der Waals surface area contributed by atoms with E-state index in [1.54, 1.807) is 0 Å². The van der Waals surface area contributed by atoms with Gasteiger partial charge in [0.1, 0.15) is 5.52 Å². The summed E-state index contributed by atoms with van der Waals surface area (Å²) in [6.07, 6.45) is 1.15. The van der Waals surface area contributed by atoms with Crippen LogP contribution in [-0.4, -0.2) is 43.9 Å². The van der Waals surface area contributed by atoms with Gasteiger partial charge in [0.15, 0.2) is 5.65 Å². The van der Waals surface area contributed by atoms with Crippen LogP contribution in [0.3, 0.4) is 0 Å². The quantitative estimate of drug-likeness (QED) is 0.886. The van der Waals surface area contributed by atoms with Crippen LogP contribution in [0.5, 0.6) is 0 Å². The van der Waals surface area contributed by atoms with Crippen molar-refractivity contribution >= 4 is 17.1 Å². The highest BCUT2D eigenvalue weighted by atomic mass is 15.4. The number of nitrogens with zero attached hydrogens (tertiary/aromatic N) is 5. The maximum Gasteiger partial charge on any atom is 0.202 e. The molecule has 0 aliphatic heterocycles. The first-order valence-electron chi connectivity index (χ1n) is 6.81. The maximum absolute atomic E-state index is 6.02. The van der Waals surface area contributed by atoms with Crippen LogP contribution in [0.25, 0.3) is 11.2 Å². The number of nitrogens with two attached hydrogens (primary N) is 1. The van der Waals surface area contributed by atoms with E-state index in [0.29, 0.717) is 12.0 Å². The summed E-state index contributed by atoms with van der Waals surface area (Å²) >= 11 is 0. The third-order valence-corrected chi connectivity index (χ3v) is 3.94. The second-order valence-electron chi connectivity index (χ2n) is 5.24. The van der Waals surface area contributed by atoms with Crippen LogP contribution in [0.4, 0.5) is 5.95 Å². The number of fused-ring (bicyclic) bond motifs is 1. The Morgan fingerprint density at radius 3 is 2.74 bits per heavy atom. The lowest BCUT2D eigenvalue weighted by molar-refractivity contribution is 0.243. The van der Waals surface area contributed by atoms with Crippen LogP contribution < -0.4 is 5.73 Å². The number of nitrogen functional groups attached to an aromatic ring is 1. The molecule has 1 atom stereocenters. The van der Waals surface area contributed by atoms with Crippen molar-refractivity contribution in [3.05, 3.63) is 5.69 Å². The van der Waals surface area contributed by atoms with Crippen molar-refractivity contribution in [1.82, 2.24) is 24.2 Å². The van der Waals surface area contributed by atoms with Crippen molar-refractivity contribution in [1.29, 1.82) is 0 Å². The van der Waals surface area contributed by atoms with Gasteiger partial charge in [0.25, 0.3) is 0 Å². The Kier molecular flexibility index (Phi) is 3.80. The zero-order valence-corrected chi connectivity index (χ0v) is 12.5. The van der Waals surface area contributed by atoms with E-state index in [1.165, 1.54) is 0 Å². The molecule has 6 nitrogen and oxygen atoms in total. The molecule has 106 valence electrons. The van der Waals surface area contributed by atoms with E-state index >= 15 is 0 Å². The molecule has 6 heteroatoms. The Balaban J connectivity index is 2.23. The minimum Gasteiger partial charge on any atom is -0.369 e. The fourth-order valence-corrected chi connectivity index (χ4v) is 2.36. The fourth-order valence-electron chi connectivity index (χ4n) is 2.36. The van der Waals surface area contributed by atoms with Gasteiger partial charge in [-0.1, -0.05) is 6.92 Å². The van der Waals surface area contributed by atoms with Crippen LogP contribution in [0.1, 0.15) is 26.0 Å². The normalized spacial score (nSPS) is 13.6. The van der Waals surface area contributed by atoms with Crippen molar-refractivity contribution in [2.45, 2.75) is 39.8 Å². The van der Waals surface area contributed by atoms with E-state index < -0.39 is 0 Å². The predicted octanol–water partition coefficient (Wildman–Crippen LogP) is 1.39. The van der Waals surface area contributed by atoms with Gasteiger partial charge in [-0.3, -0.25) is 9.25 Å². The average Bonchev–Trinajstić information content (AvgIpc) is 2.84. The molecular formula is C13H24N6. The summed E-state index contributed by atoms with van der Waals surface area (Å²) in [5, 5.41) is 4.39. The summed E-state index contributed by atoms with van der Waals surface area (Å²) in [6.45, 7) is 8.19. The topological polar surface area (TPSA) is 64.9 Å². The second kappa shape index (κ2) is 5.21. The van der Waals surface area contributed by atoms with Crippen LogP contribution in [0.15, 0.2) is 0 Å². The molecule has 1 unspecified atom stereocenters. The molecule has 2 N–H and O–H groups in total. The second-order valence-corrected chi connectivity index (χ2v) is 5.24. The van der Waals surface area contributed by atoms with Gasteiger partial charge in [0.05, 0.1) is 5.69 Å². The number of aryl methyl sites for hydroxylation is 2. The molecule has 19 heavy (non-hydrogen) atoms. The van der Waals surface area contributed by atoms with Crippen LogP contribution in [-0.2, 0) is 13.6 Å². The molecule has 2 rings (SSSR count). The first-order valence-corrected chi connectivity index (χ1v) is 6.81. The molecule has 0 aliphatic carbocycles. The molecule has 0 radical (unpaired) electrons. The number of imidazole rings is 1. The molecule has 0 aliphatic rings. The molecule has 2 aromatic rings. The van der Waals surface area contributed by atoms with Gasteiger partial charge in [0.2, 0.25) is 5.95 Å². The van der Waals surface area contributed by atoms with Gasteiger partial charge in [-0.2, -0.15) is 5.10 Å². The third-order valence-electron chi connectivity index (χ3n) is 3.94. The molecule has 0 amide bonds. The summed E-state index contributed by atoms with van der Waals surface area (Å²) in [6, 6.07) is 0.577. The maximum atomic E-state index is 6.02. The minimum atomic E-state index is 0.573. The smallest absolute Gasteiger partial charge is 0.202 e. The number of hydrogen-bond donors (Lipinski definition) is 1. The Morgan fingerprint density at radius 2 is 2.11 bits per heavy atom. The van der Waals surface area contributed by atoms with Crippen LogP contribution in [0.2, 0.25) is 0 Å². The van der Waals surface area contributed by atoms with Crippen molar-refractivity contribution in [2.75, 3.05) is 19.3 Å². The average molecular weight is 264 g/mol. The Bertz CT molecular complexity index is 567. The van der Waals surface area contributed by atoms with E-state index in [1.807, 2.05) is 23.2 Å². The summed E-state index contributed by atoms with van der Waals surface area (Å²) in [5.41, 5.74) is 8.87. The fraction of sp³-hybridized carbons (Fsp3) is 0.692. The molecule has 0 saturated carbocycles. The number of hydrogen-bond acceptors (Lipinski definition) is 4. The number of rotatable bonds is 5. The highest BCUT2D eigenvalue weighted by Crippen LogP contribution is 2.20. The minimum absolute atomic E-state index is 0.573. The summed E-state index contributed by atoms with van der Waals surface area (Å²) in [5.74, 6) is 0.573. The van der Waals surface area contributed by atoms with Gasteiger partial charge in [-0.15, -0.1) is 0 Å². The molecule has 0 aromatic carbocycles. The standard InChI is InChI=1S/C13H24N6/c1-6-9(2)17(4)7-8-19-12-11(15-13(19)14)10(3)16-18(12)5/h9H,6-8H2,1-5H3,(H2,14,15). The van der Waals surface area contributed by atoms with E-state index in [2.05, 4.69) is 35.9 Å². The van der Waals surface area contributed by atoms with Crippen molar-refractivity contribution < 1.29 is 0 Å². The SMILES string of the molecule is CCC(C)N(C)CCn1c(N)nc2c(C)nn(C)c21. The highest BCUT2D eigenvalue weighted by Gasteiger charge is 2.16. The van der Waals surface area contributed by atoms with Gasteiger partial charge >= 0.3 is 0 Å². The molecular weight excluding hydrogens is 240 g/mol. The van der Waals surface area contributed by atoms with E-state index in [-0.39, 0.29) is 0 Å². The van der Waals surface area contributed by atoms with Crippen LogP contribution in [0, 0.1) is 6.92 Å². The predicted molar refractivity (Wildman–Crippen MR) is 78.0 cm³/mol. The van der Waals surface area contributed by atoms with Gasteiger partial charge in [-0.05, 0) is 27.3 Å². The van der Waals surface area contributed by atoms with Gasteiger partial charge in [-0.25, -0.2) is 4.98 Å².